The lowest BCUT2D eigenvalue weighted by atomic mass is 10.2. The highest BCUT2D eigenvalue weighted by Gasteiger charge is 2.32. The minimum Gasteiger partial charge on any atom is -0.298 e. The minimum absolute atomic E-state index is 0.286. The van der Waals surface area contributed by atoms with Crippen molar-refractivity contribution in [1.29, 1.82) is 5.26 Å². The Balaban J connectivity index is 1.66. The molecule has 3 rings (SSSR count). The summed E-state index contributed by atoms with van der Waals surface area (Å²) >= 11 is 1.06. The summed E-state index contributed by atoms with van der Waals surface area (Å²) in [6.07, 6.45) is 5.11. The molecule has 0 amide bonds. The van der Waals surface area contributed by atoms with Crippen LogP contribution < -0.4 is 0 Å². The predicted molar refractivity (Wildman–Crippen MR) is 81.6 cm³/mol. The molecule has 1 saturated heterocycles. The van der Waals surface area contributed by atoms with Gasteiger partial charge in [0.05, 0.1) is 0 Å². The average Bonchev–Trinajstić information content (AvgIpc) is 3.19. The van der Waals surface area contributed by atoms with Crippen LogP contribution in [0, 0.1) is 11.3 Å². The van der Waals surface area contributed by atoms with Gasteiger partial charge in [-0.05, 0) is 25.0 Å². The average molecular weight is 325 g/mol. The number of nitrogens with zero attached hydrogens (tertiary/aromatic N) is 3. The molecule has 7 heteroatoms. The van der Waals surface area contributed by atoms with Crippen molar-refractivity contribution >= 4 is 21.4 Å². The third kappa shape index (κ3) is 2.99. The highest BCUT2D eigenvalue weighted by molar-refractivity contribution is 7.91. The predicted octanol–water partition coefficient (Wildman–Crippen LogP) is 1.87. The second kappa shape index (κ2) is 6.05. The number of hydrogen-bond donors (Lipinski definition) is 0. The maximum absolute atomic E-state index is 12.6. The van der Waals surface area contributed by atoms with E-state index in [1.165, 1.54) is 25.7 Å². The summed E-state index contributed by atoms with van der Waals surface area (Å²) in [6.45, 7) is 2.75. The van der Waals surface area contributed by atoms with E-state index in [9.17, 15) is 8.42 Å². The lowest BCUT2D eigenvalue weighted by Crippen LogP contribution is -2.51. The molecule has 0 N–H and O–H groups in total. The van der Waals surface area contributed by atoms with Crippen LogP contribution in [0.5, 0.6) is 0 Å². The van der Waals surface area contributed by atoms with Gasteiger partial charge in [0.1, 0.15) is 15.2 Å². The fourth-order valence-electron chi connectivity index (χ4n) is 3.22. The van der Waals surface area contributed by atoms with Crippen molar-refractivity contribution in [2.45, 2.75) is 35.9 Å². The van der Waals surface area contributed by atoms with Crippen LogP contribution in [-0.2, 0) is 10.0 Å². The van der Waals surface area contributed by atoms with Gasteiger partial charge in [0.25, 0.3) is 10.0 Å². The van der Waals surface area contributed by atoms with Gasteiger partial charge in [-0.1, -0.05) is 12.8 Å². The van der Waals surface area contributed by atoms with Gasteiger partial charge < -0.3 is 0 Å². The first kappa shape index (κ1) is 15.0. The Morgan fingerprint density at radius 1 is 1.14 bits per heavy atom. The monoisotopic (exact) mass is 325 g/mol. The minimum atomic E-state index is -3.42. The van der Waals surface area contributed by atoms with Crippen molar-refractivity contribution in [3.8, 4) is 6.07 Å². The molecule has 2 aliphatic rings. The van der Waals surface area contributed by atoms with E-state index in [1.54, 1.807) is 16.4 Å². The molecule has 1 saturated carbocycles. The summed E-state index contributed by atoms with van der Waals surface area (Å²) in [5, 5.41) is 8.83. The normalized spacial score (nSPS) is 22.4. The van der Waals surface area contributed by atoms with Crippen LogP contribution in [0.25, 0.3) is 0 Å². The molecule has 0 aromatic carbocycles. The van der Waals surface area contributed by atoms with Gasteiger partial charge >= 0.3 is 0 Å². The number of rotatable bonds is 3. The van der Waals surface area contributed by atoms with Crippen molar-refractivity contribution in [1.82, 2.24) is 9.21 Å². The zero-order valence-corrected chi connectivity index (χ0v) is 13.5. The third-order valence-electron chi connectivity index (χ3n) is 4.40. The van der Waals surface area contributed by atoms with Crippen LogP contribution in [0.1, 0.15) is 30.6 Å². The zero-order valence-electron chi connectivity index (χ0n) is 11.9. The molecule has 21 heavy (non-hydrogen) atoms. The lowest BCUT2D eigenvalue weighted by molar-refractivity contribution is 0.139. The largest absolute Gasteiger partial charge is 0.298 e. The molecule has 1 aromatic rings. The van der Waals surface area contributed by atoms with E-state index >= 15 is 0 Å². The number of nitriles is 1. The highest BCUT2D eigenvalue weighted by Crippen LogP contribution is 2.28. The Bertz CT molecular complexity index is 633. The summed E-state index contributed by atoms with van der Waals surface area (Å²) < 4.78 is 27.0. The van der Waals surface area contributed by atoms with Gasteiger partial charge in [-0.2, -0.15) is 9.57 Å². The van der Waals surface area contributed by atoms with Crippen molar-refractivity contribution < 1.29 is 8.42 Å². The molecule has 1 aliphatic heterocycles. The molecule has 0 spiro atoms. The number of hydrogen-bond acceptors (Lipinski definition) is 5. The second-order valence-electron chi connectivity index (χ2n) is 5.61. The van der Waals surface area contributed by atoms with Crippen LogP contribution in [-0.4, -0.2) is 49.8 Å². The molecule has 1 aliphatic carbocycles. The molecule has 2 fully saturated rings. The Morgan fingerprint density at radius 3 is 2.38 bits per heavy atom. The van der Waals surface area contributed by atoms with Crippen molar-refractivity contribution in [2.24, 2.45) is 0 Å². The van der Waals surface area contributed by atoms with Crippen LogP contribution in [0.2, 0.25) is 0 Å². The molecule has 0 bridgehead atoms. The molecule has 0 radical (unpaired) electrons. The van der Waals surface area contributed by atoms with E-state index in [4.69, 9.17) is 5.26 Å². The second-order valence-corrected chi connectivity index (χ2v) is 8.86. The highest BCUT2D eigenvalue weighted by atomic mass is 32.2. The quantitative estimate of drug-likeness (QED) is 0.851. The van der Waals surface area contributed by atoms with Gasteiger partial charge in [0.2, 0.25) is 0 Å². The van der Waals surface area contributed by atoms with E-state index in [0.717, 1.165) is 24.4 Å². The third-order valence-corrected chi connectivity index (χ3v) is 7.76. The van der Waals surface area contributed by atoms with Crippen LogP contribution >= 0.6 is 11.3 Å². The lowest BCUT2D eigenvalue weighted by Gasteiger charge is -2.37. The standard InChI is InChI=1S/C14H19N3O2S2/c15-11-13-5-6-14(20-13)21(18,19)17-9-7-16(8-10-17)12-3-1-2-4-12/h5-6,12H,1-4,7-10H2. The maximum atomic E-state index is 12.6. The molecule has 2 heterocycles. The van der Waals surface area contributed by atoms with Gasteiger partial charge in [-0.3, -0.25) is 4.90 Å². The topological polar surface area (TPSA) is 64.4 Å². The summed E-state index contributed by atoms with van der Waals surface area (Å²) in [6, 6.07) is 5.77. The first-order chi connectivity index (χ1) is 10.1. The smallest absolute Gasteiger partial charge is 0.252 e. The van der Waals surface area contributed by atoms with E-state index in [-0.39, 0.29) is 4.21 Å². The van der Waals surface area contributed by atoms with Crippen molar-refractivity contribution in [2.75, 3.05) is 26.2 Å². The Morgan fingerprint density at radius 2 is 1.81 bits per heavy atom. The van der Waals surface area contributed by atoms with Gasteiger partial charge in [0.15, 0.2) is 0 Å². The van der Waals surface area contributed by atoms with E-state index in [2.05, 4.69) is 4.90 Å². The van der Waals surface area contributed by atoms with Gasteiger partial charge in [-0.25, -0.2) is 8.42 Å². The zero-order chi connectivity index (χ0) is 14.9. The fraction of sp³-hybridized carbons (Fsp3) is 0.643. The van der Waals surface area contributed by atoms with E-state index in [0.29, 0.717) is 24.0 Å². The summed E-state index contributed by atoms with van der Waals surface area (Å²) in [4.78, 5) is 2.88. The Labute approximate surface area is 129 Å². The Hall–Kier alpha value is -0.940. The van der Waals surface area contributed by atoms with Gasteiger partial charge in [0, 0.05) is 32.2 Å². The summed E-state index contributed by atoms with van der Waals surface area (Å²) in [7, 11) is -3.42. The van der Waals surface area contributed by atoms with Crippen molar-refractivity contribution in [3.63, 3.8) is 0 Å². The molecule has 0 unspecified atom stereocenters. The number of piperazine rings is 1. The molecule has 5 nitrogen and oxygen atoms in total. The molecular formula is C14H19N3O2S2. The SMILES string of the molecule is N#Cc1ccc(S(=O)(=O)N2CCN(C3CCCC3)CC2)s1. The molecule has 0 atom stereocenters. The first-order valence-electron chi connectivity index (χ1n) is 7.35. The van der Waals surface area contributed by atoms with Crippen LogP contribution in [0.4, 0.5) is 0 Å². The Kier molecular flexibility index (Phi) is 4.31. The first-order valence-corrected chi connectivity index (χ1v) is 9.61. The number of sulfonamides is 1. The van der Waals surface area contributed by atoms with Crippen LogP contribution in [0.15, 0.2) is 16.3 Å². The number of thiophene rings is 1. The summed E-state index contributed by atoms with van der Waals surface area (Å²) in [5.74, 6) is 0. The van der Waals surface area contributed by atoms with Gasteiger partial charge in [-0.15, -0.1) is 11.3 Å². The molecular weight excluding hydrogens is 306 g/mol. The fourth-order valence-corrected chi connectivity index (χ4v) is 5.90. The summed E-state index contributed by atoms with van der Waals surface area (Å²) in [5.41, 5.74) is 0. The molecule has 114 valence electrons. The van der Waals surface area contributed by atoms with Crippen molar-refractivity contribution in [3.05, 3.63) is 17.0 Å². The van der Waals surface area contributed by atoms with E-state index in [1.807, 2.05) is 6.07 Å². The molecule has 1 aromatic heterocycles. The van der Waals surface area contributed by atoms with Crippen LogP contribution in [0.3, 0.4) is 0 Å². The maximum Gasteiger partial charge on any atom is 0.252 e. The van der Waals surface area contributed by atoms with E-state index < -0.39 is 10.0 Å².